The monoisotopic (exact) mass is 732 g/mol. The van der Waals surface area contributed by atoms with Gasteiger partial charge in [-0.25, -0.2) is 9.98 Å². The topological polar surface area (TPSA) is 68.0 Å². The maximum Gasteiger partial charge on any atom is 0.160 e. The number of aliphatic imine (C=N–C) groups is 2. The highest BCUT2D eigenvalue weighted by Crippen LogP contribution is 2.43. The number of rotatable bonds is 5. The molecule has 3 aromatic heterocycles. The van der Waals surface area contributed by atoms with Gasteiger partial charge in [0.05, 0.1) is 16.7 Å². The van der Waals surface area contributed by atoms with Crippen molar-refractivity contribution in [3.63, 3.8) is 0 Å². The zero-order valence-corrected chi connectivity index (χ0v) is 30.6. The molecule has 6 heteroatoms. The van der Waals surface area contributed by atoms with Crippen LogP contribution in [0.1, 0.15) is 22.9 Å². The smallest absolute Gasteiger partial charge is 0.160 e. The highest BCUT2D eigenvalue weighted by molar-refractivity contribution is 6.22. The van der Waals surface area contributed by atoms with Crippen molar-refractivity contribution < 1.29 is 8.83 Å². The van der Waals surface area contributed by atoms with E-state index >= 15 is 0 Å². The molecule has 1 aliphatic heterocycles. The number of amidine groups is 2. The summed E-state index contributed by atoms with van der Waals surface area (Å²) in [5, 5.41) is 10.2. The molecule has 1 aliphatic rings. The van der Waals surface area contributed by atoms with Gasteiger partial charge in [-0.1, -0.05) is 146 Å². The molecule has 0 amide bonds. The van der Waals surface area contributed by atoms with Crippen molar-refractivity contribution in [3.05, 3.63) is 199 Å². The maximum absolute atomic E-state index is 6.94. The highest BCUT2D eigenvalue weighted by Gasteiger charge is 2.24. The number of benzene rings is 8. The summed E-state index contributed by atoms with van der Waals surface area (Å²) in [6, 6.07) is 63.1. The number of aromatic nitrogens is 1. The standard InChI is InChI=1S/C51H32N4O2/c1-3-13-31(14-4-1)33-17-11-18-34(29-33)50-52-49(32-15-5-2-6-16-32)53-51(54-50)35-25-26-38-40-21-12-23-43(47(40)57-45(38)30-35)55-42-22-9-7-19-36(42)39-27-28-41-37-20-8-10-24-44(37)56-48(41)46(39)55/h1-30,51H,(H,52,53,54). The van der Waals surface area contributed by atoms with E-state index in [-0.39, 0.29) is 0 Å². The third-order valence-electron chi connectivity index (χ3n) is 11.3. The molecular weight excluding hydrogens is 701 g/mol. The molecule has 4 heterocycles. The lowest BCUT2D eigenvalue weighted by atomic mass is 10.0. The summed E-state index contributed by atoms with van der Waals surface area (Å²) >= 11 is 0. The number of hydrogen-bond donors (Lipinski definition) is 1. The second-order valence-electron chi connectivity index (χ2n) is 14.6. The minimum Gasteiger partial charge on any atom is -0.454 e. The van der Waals surface area contributed by atoms with Crippen LogP contribution in [0.3, 0.4) is 0 Å². The average Bonchev–Trinajstić information content (AvgIpc) is 3.96. The van der Waals surface area contributed by atoms with Crippen molar-refractivity contribution in [3.8, 4) is 16.8 Å². The average molecular weight is 733 g/mol. The van der Waals surface area contributed by atoms with E-state index in [0.717, 1.165) is 105 Å². The SMILES string of the molecule is c1ccc(C2=NC(c3cccc(-c4ccccc4)c3)=NC(c3ccc4c(c3)oc3c(-n5c6ccccc6c6ccc7c8ccccc8oc7c65)cccc34)N2)cc1. The van der Waals surface area contributed by atoms with Crippen molar-refractivity contribution in [2.75, 3.05) is 0 Å². The van der Waals surface area contributed by atoms with Crippen molar-refractivity contribution >= 4 is 77.4 Å². The van der Waals surface area contributed by atoms with E-state index in [1.165, 1.54) is 0 Å². The van der Waals surface area contributed by atoms with Crippen molar-refractivity contribution in [1.82, 2.24) is 9.88 Å². The summed E-state index contributed by atoms with van der Waals surface area (Å²) in [5.74, 6) is 1.44. The van der Waals surface area contributed by atoms with E-state index in [1.54, 1.807) is 0 Å². The number of hydrogen-bond acceptors (Lipinski definition) is 5. The summed E-state index contributed by atoms with van der Waals surface area (Å²) in [6.07, 6.45) is -0.399. The Morgan fingerprint density at radius 2 is 1.09 bits per heavy atom. The molecule has 1 atom stereocenters. The predicted octanol–water partition coefficient (Wildman–Crippen LogP) is 12.7. The molecule has 0 aliphatic carbocycles. The second-order valence-corrected chi connectivity index (χ2v) is 14.6. The van der Waals surface area contributed by atoms with E-state index in [9.17, 15) is 0 Å². The second kappa shape index (κ2) is 12.4. The van der Waals surface area contributed by atoms with Crippen LogP contribution in [0.15, 0.2) is 201 Å². The normalized spacial score (nSPS) is 14.5. The summed E-state index contributed by atoms with van der Waals surface area (Å²) in [4.78, 5) is 10.3. The number of nitrogens with one attached hydrogen (secondary N) is 1. The van der Waals surface area contributed by atoms with E-state index in [4.69, 9.17) is 18.8 Å². The molecule has 268 valence electrons. The van der Waals surface area contributed by atoms with Crippen molar-refractivity contribution in [1.29, 1.82) is 0 Å². The molecule has 0 saturated heterocycles. The summed E-state index contributed by atoms with van der Waals surface area (Å²) in [6.45, 7) is 0. The Bertz CT molecular complexity index is 3440. The third-order valence-corrected chi connectivity index (χ3v) is 11.3. The van der Waals surface area contributed by atoms with Crippen LogP contribution in [0.25, 0.3) is 82.5 Å². The lowest BCUT2D eigenvalue weighted by Gasteiger charge is -2.23. The number of nitrogens with zero attached hydrogens (tertiary/aromatic N) is 3. The first-order valence-corrected chi connectivity index (χ1v) is 19.2. The zero-order chi connectivity index (χ0) is 37.5. The van der Waals surface area contributed by atoms with Gasteiger partial charge in [0.15, 0.2) is 17.0 Å². The van der Waals surface area contributed by atoms with Gasteiger partial charge in [-0.3, -0.25) is 0 Å². The lowest BCUT2D eigenvalue weighted by molar-refractivity contribution is 0.653. The Kier molecular flexibility index (Phi) is 6.89. The fourth-order valence-electron chi connectivity index (χ4n) is 8.59. The summed E-state index contributed by atoms with van der Waals surface area (Å²) in [7, 11) is 0. The Morgan fingerprint density at radius 1 is 0.456 bits per heavy atom. The van der Waals surface area contributed by atoms with Crippen LogP contribution >= 0.6 is 0 Å². The van der Waals surface area contributed by atoms with Gasteiger partial charge >= 0.3 is 0 Å². The van der Waals surface area contributed by atoms with Gasteiger partial charge in [0, 0.05) is 49.0 Å². The molecule has 0 spiro atoms. The van der Waals surface area contributed by atoms with Gasteiger partial charge in [0.25, 0.3) is 0 Å². The van der Waals surface area contributed by atoms with E-state index in [0.29, 0.717) is 5.84 Å². The zero-order valence-electron chi connectivity index (χ0n) is 30.6. The van der Waals surface area contributed by atoms with Gasteiger partial charge in [0.2, 0.25) is 0 Å². The number of para-hydroxylation sites is 3. The fourth-order valence-corrected chi connectivity index (χ4v) is 8.59. The molecule has 8 aromatic carbocycles. The van der Waals surface area contributed by atoms with E-state index in [2.05, 4.69) is 155 Å². The minimum atomic E-state index is -0.399. The largest absolute Gasteiger partial charge is 0.454 e. The summed E-state index contributed by atoms with van der Waals surface area (Å²) < 4.78 is 15.9. The van der Waals surface area contributed by atoms with Crippen LogP contribution < -0.4 is 5.32 Å². The lowest BCUT2D eigenvalue weighted by Crippen LogP contribution is -2.33. The predicted molar refractivity (Wildman–Crippen MR) is 233 cm³/mol. The fraction of sp³-hybridized carbons (Fsp3) is 0.0196. The first-order chi connectivity index (χ1) is 28.2. The van der Waals surface area contributed by atoms with Crippen molar-refractivity contribution in [2.24, 2.45) is 9.98 Å². The van der Waals surface area contributed by atoms with Gasteiger partial charge in [0.1, 0.15) is 23.2 Å². The molecule has 1 unspecified atom stereocenters. The molecule has 12 rings (SSSR count). The van der Waals surface area contributed by atoms with Crippen LogP contribution in [0, 0.1) is 0 Å². The van der Waals surface area contributed by atoms with Gasteiger partial charge in [-0.2, -0.15) is 0 Å². The molecule has 1 N–H and O–H groups in total. The molecule has 0 saturated carbocycles. The Hall–Kier alpha value is -7.70. The molecule has 11 aromatic rings. The minimum absolute atomic E-state index is 0.399. The molecule has 0 bridgehead atoms. The van der Waals surface area contributed by atoms with Gasteiger partial charge in [-0.05, 0) is 47.5 Å². The molecule has 6 nitrogen and oxygen atoms in total. The molecule has 57 heavy (non-hydrogen) atoms. The maximum atomic E-state index is 6.94. The highest BCUT2D eigenvalue weighted by atomic mass is 16.3. The quantitative estimate of drug-likeness (QED) is 0.192. The van der Waals surface area contributed by atoms with Gasteiger partial charge in [-0.15, -0.1) is 0 Å². The van der Waals surface area contributed by atoms with Gasteiger partial charge < -0.3 is 18.7 Å². The van der Waals surface area contributed by atoms with E-state index < -0.39 is 6.17 Å². The number of fused-ring (bicyclic) bond motifs is 10. The molecule has 0 radical (unpaired) electrons. The first-order valence-electron chi connectivity index (χ1n) is 19.2. The van der Waals surface area contributed by atoms with Crippen LogP contribution in [-0.2, 0) is 0 Å². The van der Waals surface area contributed by atoms with Crippen LogP contribution in [0.2, 0.25) is 0 Å². The van der Waals surface area contributed by atoms with Crippen LogP contribution in [0.4, 0.5) is 0 Å². The Balaban J connectivity index is 1.02. The van der Waals surface area contributed by atoms with E-state index in [1.807, 2.05) is 36.4 Å². The Morgan fingerprint density at radius 3 is 1.96 bits per heavy atom. The molecular formula is C51H32N4O2. The Labute approximate surface area is 326 Å². The van der Waals surface area contributed by atoms with Crippen molar-refractivity contribution in [2.45, 2.75) is 6.17 Å². The van der Waals surface area contributed by atoms with Crippen LogP contribution in [-0.4, -0.2) is 16.2 Å². The molecule has 0 fully saturated rings. The van der Waals surface area contributed by atoms with Crippen LogP contribution in [0.5, 0.6) is 0 Å². The summed E-state index contributed by atoms with van der Waals surface area (Å²) in [5.41, 5.74) is 11.6. The number of furan rings is 2. The first kappa shape index (κ1) is 31.6. The third kappa shape index (κ3) is 4.97.